The zero-order valence-corrected chi connectivity index (χ0v) is 12.8. The number of rotatable bonds is 6. The molecule has 0 aliphatic heterocycles. The van der Waals surface area contributed by atoms with Crippen molar-refractivity contribution in [3.05, 3.63) is 30.1 Å². The lowest BCUT2D eigenvalue weighted by Gasteiger charge is -2.19. The van der Waals surface area contributed by atoms with Crippen LogP contribution in [0.3, 0.4) is 0 Å². The molecule has 0 saturated heterocycles. The summed E-state index contributed by atoms with van der Waals surface area (Å²) in [6.45, 7) is 9.07. The van der Waals surface area contributed by atoms with E-state index >= 15 is 0 Å². The van der Waals surface area contributed by atoms with Crippen LogP contribution in [0.4, 0.5) is 4.79 Å². The van der Waals surface area contributed by atoms with Crippen LogP contribution in [0, 0.1) is 0 Å². The predicted molar refractivity (Wildman–Crippen MR) is 79.5 cm³/mol. The third kappa shape index (κ3) is 7.09. The number of amides is 1. The van der Waals surface area contributed by atoms with E-state index in [0.29, 0.717) is 6.54 Å². The van der Waals surface area contributed by atoms with Crippen molar-refractivity contribution in [3.8, 4) is 0 Å². The molecular weight excluding hydrogens is 254 g/mol. The number of ether oxygens (including phenoxy) is 1. The minimum Gasteiger partial charge on any atom is -0.444 e. The molecule has 0 unspecified atom stereocenters. The Morgan fingerprint density at radius 1 is 1.40 bits per heavy atom. The van der Waals surface area contributed by atoms with Gasteiger partial charge < -0.3 is 15.4 Å². The topological polar surface area (TPSA) is 63.2 Å². The molecule has 0 bridgehead atoms. The highest BCUT2D eigenvalue weighted by Crippen LogP contribution is 2.09. The Kier molecular flexibility index (Phi) is 6.45. The van der Waals surface area contributed by atoms with E-state index < -0.39 is 5.60 Å². The first-order valence-corrected chi connectivity index (χ1v) is 6.98. The first-order valence-electron chi connectivity index (χ1n) is 6.98. The fourth-order valence-electron chi connectivity index (χ4n) is 1.66. The van der Waals surface area contributed by atoms with E-state index in [4.69, 9.17) is 4.74 Å². The van der Waals surface area contributed by atoms with E-state index in [1.165, 1.54) is 0 Å². The van der Waals surface area contributed by atoms with Crippen molar-refractivity contribution in [1.82, 2.24) is 15.6 Å². The molecule has 1 amide bonds. The van der Waals surface area contributed by atoms with Gasteiger partial charge in [-0.05, 0) is 52.3 Å². The van der Waals surface area contributed by atoms with E-state index in [0.717, 1.165) is 18.5 Å². The molecule has 0 saturated carbocycles. The van der Waals surface area contributed by atoms with Gasteiger partial charge in [0.05, 0.1) is 0 Å². The Bertz CT molecular complexity index is 401. The summed E-state index contributed by atoms with van der Waals surface area (Å²) in [5, 5.41) is 6.13. The highest BCUT2D eigenvalue weighted by atomic mass is 16.6. The average Bonchev–Trinajstić information content (AvgIpc) is 2.37. The van der Waals surface area contributed by atoms with E-state index in [9.17, 15) is 4.79 Å². The fraction of sp³-hybridized carbons (Fsp3) is 0.600. The first-order chi connectivity index (χ1) is 9.38. The fourth-order valence-corrected chi connectivity index (χ4v) is 1.66. The lowest BCUT2D eigenvalue weighted by molar-refractivity contribution is 0.0527. The number of alkyl carbamates (subject to hydrolysis) is 1. The normalized spacial score (nSPS) is 12.8. The number of nitrogens with zero attached hydrogens (tertiary/aromatic N) is 1. The van der Waals surface area contributed by atoms with Crippen LogP contribution in [0.1, 0.15) is 45.7 Å². The summed E-state index contributed by atoms with van der Waals surface area (Å²) < 4.78 is 5.16. The minimum atomic E-state index is -0.447. The Morgan fingerprint density at radius 3 is 2.75 bits per heavy atom. The Labute approximate surface area is 121 Å². The number of hydrogen-bond acceptors (Lipinski definition) is 4. The molecule has 1 rings (SSSR count). The molecule has 5 heteroatoms. The predicted octanol–water partition coefficient (Wildman–Crippen LogP) is 2.65. The van der Waals surface area contributed by atoms with Crippen LogP contribution in [0.15, 0.2) is 24.5 Å². The summed E-state index contributed by atoms with van der Waals surface area (Å²) in [6, 6.07) is 4.23. The first kappa shape index (κ1) is 16.4. The maximum Gasteiger partial charge on any atom is 0.407 e. The van der Waals surface area contributed by atoms with E-state index in [1.807, 2.05) is 39.1 Å². The molecule has 0 radical (unpaired) electrons. The molecule has 0 fully saturated rings. The van der Waals surface area contributed by atoms with Gasteiger partial charge in [0.25, 0.3) is 0 Å². The minimum absolute atomic E-state index is 0.255. The van der Waals surface area contributed by atoms with E-state index in [1.54, 1.807) is 6.20 Å². The van der Waals surface area contributed by atoms with Crippen molar-refractivity contribution < 1.29 is 9.53 Å². The summed E-state index contributed by atoms with van der Waals surface area (Å²) in [6.07, 6.45) is 4.11. The van der Waals surface area contributed by atoms with Crippen LogP contribution < -0.4 is 10.6 Å². The second-order valence-corrected chi connectivity index (χ2v) is 5.74. The SMILES string of the molecule is C[C@@H](NCCCNC(=O)OC(C)(C)C)c1cccnc1. The molecule has 1 aromatic heterocycles. The maximum atomic E-state index is 11.4. The molecule has 0 spiro atoms. The van der Waals surface area contributed by atoms with Gasteiger partial charge in [-0.25, -0.2) is 4.79 Å². The van der Waals surface area contributed by atoms with Gasteiger partial charge in [-0.15, -0.1) is 0 Å². The smallest absolute Gasteiger partial charge is 0.407 e. The van der Waals surface area contributed by atoms with Gasteiger partial charge in [0.2, 0.25) is 0 Å². The summed E-state index contributed by atoms with van der Waals surface area (Å²) in [4.78, 5) is 15.5. The molecule has 20 heavy (non-hydrogen) atoms. The molecule has 1 atom stereocenters. The van der Waals surface area contributed by atoms with E-state index in [-0.39, 0.29) is 12.1 Å². The van der Waals surface area contributed by atoms with Crippen LogP contribution in [0.25, 0.3) is 0 Å². The maximum absolute atomic E-state index is 11.4. The van der Waals surface area contributed by atoms with Crippen molar-refractivity contribution in [2.75, 3.05) is 13.1 Å². The summed E-state index contributed by atoms with van der Waals surface area (Å²) in [7, 11) is 0. The lowest BCUT2D eigenvalue weighted by Crippen LogP contribution is -2.34. The number of carbonyl (C=O) groups excluding carboxylic acids is 1. The second-order valence-electron chi connectivity index (χ2n) is 5.74. The van der Waals surface area contributed by atoms with Crippen molar-refractivity contribution in [2.45, 2.75) is 45.8 Å². The third-order valence-corrected chi connectivity index (χ3v) is 2.66. The van der Waals surface area contributed by atoms with Crippen molar-refractivity contribution in [2.24, 2.45) is 0 Å². The molecule has 112 valence electrons. The summed E-state index contributed by atoms with van der Waals surface area (Å²) in [5.41, 5.74) is 0.713. The molecule has 0 aliphatic rings. The zero-order valence-electron chi connectivity index (χ0n) is 12.8. The zero-order chi connectivity index (χ0) is 15.0. The molecule has 2 N–H and O–H groups in total. The molecule has 0 aliphatic carbocycles. The summed E-state index contributed by atoms with van der Waals surface area (Å²) in [5.74, 6) is 0. The largest absolute Gasteiger partial charge is 0.444 e. The van der Waals surface area contributed by atoms with Crippen molar-refractivity contribution in [3.63, 3.8) is 0 Å². The lowest BCUT2D eigenvalue weighted by atomic mass is 10.1. The number of nitrogens with one attached hydrogen (secondary N) is 2. The molecular formula is C15H25N3O2. The highest BCUT2D eigenvalue weighted by molar-refractivity contribution is 5.67. The summed E-state index contributed by atoms with van der Waals surface area (Å²) >= 11 is 0. The van der Waals surface area contributed by atoms with Gasteiger partial charge in [-0.1, -0.05) is 6.07 Å². The third-order valence-electron chi connectivity index (χ3n) is 2.66. The van der Waals surface area contributed by atoms with Crippen LogP contribution in [-0.2, 0) is 4.74 Å². The van der Waals surface area contributed by atoms with Crippen LogP contribution in [0.2, 0.25) is 0 Å². The Hall–Kier alpha value is -1.62. The molecule has 0 aromatic carbocycles. The number of hydrogen-bond donors (Lipinski definition) is 2. The van der Waals surface area contributed by atoms with Gasteiger partial charge in [0, 0.05) is 25.0 Å². The average molecular weight is 279 g/mol. The van der Waals surface area contributed by atoms with Gasteiger partial charge in [0.1, 0.15) is 5.60 Å². The number of aromatic nitrogens is 1. The van der Waals surface area contributed by atoms with Crippen LogP contribution >= 0.6 is 0 Å². The number of pyridine rings is 1. The van der Waals surface area contributed by atoms with Gasteiger partial charge >= 0.3 is 6.09 Å². The molecule has 1 heterocycles. The monoisotopic (exact) mass is 279 g/mol. The Balaban J connectivity index is 2.12. The standard InChI is InChI=1S/C15H25N3O2/c1-12(13-7-5-8-16-11-13)17-9-6-10-18-14(19)20-15(2,3)4/h5,7-8,11-12,17H,6,9-10H2,1-4H3,(H,18,19)/t12-/m1/s1. The molecule has 5 nitrogen and oxygen atoms in total. The number of carbonyl (C=O) groups is 1. The van der Waals surface area contributed by atoms with Gasteiger partial charge in [0.15, 0.2) is 0 Å². The highest BCUT2D eigenvalue weighted by Gasteiger charge is 2.15. The second kappa shape index (κ2) is 7.85. The Morgan fingerprint density at radius 2 is 2.15 bits per heavy atom. The van der Waals surface area contributed by atoms with Crippen molar-refractivity contribution in [1.29, 1.82) is 0 Å². The van der Waals surface area contributed by atoms with Crippen LogP contribution in [0.5, 0.6) is 0 Å². The van der Waals surface area contributed by atoms with Crippen LogP contribution in [-0.4, -0.2) is 29.8 Å². The van der Waals surface area contributed by atoms with Gasteiger partial charge in [-0.3, -0.25) is 4.98 Å². The molecule has 1 aromatic rings. The van der Waals surface area contributed by atoms with Gasteiger partial charge in [-0.2, -0.15) is 0 Å². The van der Waals surface area contributed by atoms with Crippen molar-refractivity contribution >= 4 is 6.09 Å². The quantitative estimate of drug-likeness (QED) is 0.786. The van der Waals surface area contributed by atoms with E-state index in [2.05, 4.69) is 22.5 Å².